The maximum Gasteiger partial charge on any atom is 0.220 e. The SMILES string of the molecule is O=C(CCCCCCCCCCCCCCCCCO)NCC(O)CNC(=O)CCCCCCCCCCCCCCCCCO. The molecule has 0 spiro atoms. The highest BCUT2D eigenvalue weighted by atomic mass is 16.3. The van der Waals surface area contributed by atoms with Crippen molar-refractivity contribution >= 4 is 11.8 Å². The van der Waals surface area contributed by atoms with Gasteiger partial charge in [0.05, 0.1) is 6.10 Å². The first kappa shape index (κ1) is 44.8. The van der Waals surface area contributed by atoms with E-state index in [0.717, 1.165) is 38.5 Å². The molecule has 0 aliphatic heterocycles. The van der Waals surface area contributed by atoms with Gasteiger partial charge in [0.25, 0.3) is 0 Å². The minimum atomic E-state index is -0.748. The molecule has 0 aliphatic carbocycles. The maximum atomic E-state index is 12.1. The van der Waals surface area contributed by atoms with Gasteiger partial charge in [0.15, 0.2) is 0 Å². The largest absolute Gasteiger partial charge is 0.396 e. The Labute approximate surface area is 284 Å². The van der Waals surface area contributed by atoms with Crippen LogP contribution in [-0.4, -0.2) is 59.5 Å². The molecular formula is C39H78N2O5. The van der Waals surface area contributed by atoms with Crippen molar-refractivity contribution in [1.82, 2.24) is 10.6 Å². The van der Waals surface area contributed by atoms with Crippen molar-refractivity contribution in [1.29, 1.82) is 0 Å². The number of hydrogen-bond acceptors (Lipinski definition) is 5. The van der Waals surface area contributed by atoms with E-state index in [2.05, 4.69) is 10.6 Å². The Bertz CT molecular complexity index is 582. The van der Waals surface area contributed by atoms with Crippen LogP contribution in [0.15, 0.2) is 0 Å². The predicted molar refractivity (Wildman–Crippen MR) is 194 cm³/mol. The molecular weight excluding hydrogens is 576 g/mol. The quantitative estimate of drug-likeness (QED) is 0.0426. The van der Waals surface area contributed by atoms with Crippen molar-refractivity contribution in [3.05, 3.63) is 0 Å². The lowest BCUT2D eigenvalue weighted by atomic mass is 10.0. The third-order valence-corrected chi connectivity index (χ3v) is 9.19. The van der Waals surface area contributed by atoms with Gasteiger partial charge in [-0.2, -0.15) is 0 Å². The first-order valence-electron chi connectivity index (χ1n) is 20.0. The molecule has 0 aromatic carbocycles. The fourth-order valence-electron chi connectivity index (χ4n) is 6.10. The summed E-state index contributed by atoms with van der Waals surface area (Å²) < 4.78 is 0. The van der Waals surface area contributed by atoms with Crippen molar-refractivity contribution in [2.45, 2.75) is 212 Å². The Kier molecular flexibility index (Phi) is 37.3. The molecule has 0 radical (unpaired) electrons. The van der Waals surface area contributed by atoms with Crippen LogP contribution in [0.25, 0.3) is 0 Å². The lowest BCUT2D eigenvalue weighted by Crippen LogP contribution is -2.39. The Morgan fingerprint density at radius 1 is 0.348 bits per heavy atom. The van der Waals surface area contributed by atoms with E-state index >= 15 is 0 Å². The topological polar surface area (TPSA) is 119 Å². The smallest absolute Gasteiger partial charge is 0.220 e. The van der Waals surface area contributed by atoms with Gasteiger partial charge in [-0.05, 0) is 25.7 Å². The van der Waals surface area contributed by atoms with Crippen LogP contribution >= 0.6 is 0 Å². The number of carbonyl (C=O) groups is 2. The van der Waals surface area contributed by atoms with E-state index in [9.17, 15) is 14.7 Å². The van der Waals surface area contributed by atoms with E-state index in [1.807, 2.05) is 0 Å². The van der Waals surface area contributed by atoms with Gasteiger partial charge in [0, 0.05) is 39.1 Å². The molecule has 46 heavy (non-hydrogen) atoms. The van der Waals surface area contributed by atoms with Crippen molar-refractivity contribution in [3.63, 3.8) is 0 Å². The molecule has 0 aromatic heterocycles. The zero-order chi connectivity index (χ0) is 33.6. The van der Waals surface area contributed by atoms with Crippen LogP contribution in [-0.2, 0) is 9.59 Å². The van der Waals surface area contributed by atoms with Crippen LogP contribution in [0.3, 0.4) is 0 Å². The maximum absolute atomic E-state index is 12.1. The Morgan fingerprint density at radius 2 is 0.543 bits per heavy atom. The molecule has 0 aromatic rings. The zero-order valence-electron chi connectivity index (χ0n) is 30.2. The first-order chi connectivity index (χ1) is 22.6. The zero-order valence-corrected chi connectivity index (χ0v) is 30.2. The molecule has 5 N–H and O–H groups in total. The molecule has 0 aliphatic rings. The van der Waals surface area contributed by atoms with Crippen molar-refractivity contribution in [2.75, 3.05) is 26.3 Å². The number of rotatable bonds is 38. The van der Waals surface area contributed by atoms with Gasteiger partial charge in [-0.3, -0.25) is 9.59 Å². The lowest BCUT2D eigenvalue weighted by Gasteiger charge is -2.13. The minimum Gasteiger partial charge on any atom is -0.396 e. The summed E-state index contributed by atoms with van der Waals surface area (Å²) in [6.45, 7) is 1.05. The molecule has 0 saturated carbocycles. The van der Waals surface area contributed by atoms with E-state index < -0.39 is 6.10 Å². The second-order valence-corrected chi connectivity index (χ2v) is 13.8. The number of aliphatic hydroxyl groups excluding tert-OH is 3. The van der Waals surface area contributed by atoms with Crippen LogP contribution in [0, 0.1) is 0 Å². The lowest BCUT2D eigenvalue weighted by molar-refractivity contribution is -0.121. The highest BCUT2D eigenvalue weighted by Crippen LogP contribution is 2.15. The van der Waals surface area contributed by atoms with Crippen LogP contribution < -0.4 is 10.6 Å². The van der Waals surface area contributed by atoms with Crippen LogP contribution in [0.2, 0.25) is 0 Å². The minimum absolute atomic E-state index is 0.0139. The highest BCUT2D eigenvalue weighted by molar-refractivity contribution is 5.76. The van der Waals surface area contributed by atoms with Gasteiger partial charge >= 0.3 is 0 Å². The summed E-state index contributed by atoms with van der Waals surface area (Å²) in [5.41, 5.74) is 0. The standard InChI is InChI=1S/C39H78N2O5/c42-33-29-25-21-17-13-9-5-1-3-7-11-15-19-23-27-31-38(45)40-35-37(44)36-41-39(46)32-28-24-20-16-12-8-4-2-6-10-14-18-22-26-30-34-43/h37,42-44H,1-36H2,(H,40,45)(H,41,46). The van der Waals surface area contributed by atoms with Crippen LogP contribution in [0.1, 0.15) is 205 Å². The Balaban J connectivity index is 3.36. The van der Waals surface area contributed by atoms with Crippen molar-refractivity contribution in [2.24, 2.45) is 0 Å². The molecule has 0 unspecified atom stereocenters. The predicted octanol–water partition coefficient (Wildman–Crippen LogP) is 9.05. The number of aliphatic hydroxyl groups is 3. The van der Waals surface area contributed by atoms with Gasteiger partial charge in [-0.25, -0.2) is 0 Å². The van der Waals surface area contributed by atoms with Crippen LogP contribution in [0.5, 0.6) is 0 Å². The van der Waals surface area contributed by atoms with E-state index in [4.69, 9.17) is 10.2 Å². The van der Waals surface area contributed by atoms with E-state index in [1.54, 1.807) is 0 Å². The highest BCUT2D eigenvalue weighted by Gasteiger charge is 2.09. The second kappa shape index (κ2) is 38.3. The van der Waals surface area contributed by atoms with Gasteiger partial charge in [-0.1, -0.05) is 167 Å². The summed E-state index contributed by atoms with van der Waals surface area (Å²) in [6.07, 6.45) is 37.2. The summed E-state index contributed by atoms with van der Waals surface area (Å²) in [5.74, 6) is -0.0277. The molecule has 0 fully saturated rings. The summed E-state index contributed by atoms with van der Waals surface area (Å²) in [7, 11) is 0. The van der Waals surface area contributed by atoms with Crippen molar-refractivity contribution in [3.8, 4) is 0 Å². The molecule has 7 nitrogen and oxygen atoms in total. The Morgan fingerprint density at radius 3 is 0.761 bits per heavy atom. The third kappa shape index (κ3) is 37.3. The average molecular weight is 655 g/mol. The average Bonchev–Trinajstić information content (AvgIpc) is 3.06. The number of unbranched alkanes of at least 4 members (excludes halogenated alkanes) is 28. The number of nitrogens with one attached hydrogen (secondary N) is 2. The number of amides is 2. The van der Waals surface area contributed by atoms with Gasteiger partial charge in [-0.15, -0.1) is 0 Å². The molecule has 0 saturated heterocycles. The summed E-state index contributed by atoms with van der Waals surface area (Å²) >= 11 is 0. The summed E-state index contributed by atoms with van der Waals surface area (Å²) in [6, 6.07) is 0. The molecule has 7 heteroatoms. The van der Waals surface area contributed by atoms with E-state index in [1.165, 1.54) is 154 Å². The molecule has 0 atom stereocenters. The number of carbonyl (C=O) groups excluding carboxylic acids is 2. The third-order valence-electron chi connectivity index (χ3n) is 9.19. The molecule has 0 bridgehead atoms. The van der Waals surface area contributed by atoms with Crippen LogP contribution in [0.4, 0.5) is 0 Å². The van der Waals surface area contributed by atoms with Gasteiger partial charge < -0.3 is 26.0 Å². The molecule has 274 valence electrons. The summed E-state index contributed by atoms with van der Waals surface area (Å²) in [5, 5.41) is 33.3. The molecule has 0 heterocycles. The first-order valence-corrected chi connectivity index (χ1v) is 20.0. The fraction of sp³-hybridized carbons (Fsp3) is 0.949. The molecule has 0 rings (SSSR count). The monoisotopic (exact) mass is 655 g/mol. The second-order valence-electron chi connectivity index (χ2n) is 13.8. The van der Waals surface area contributed by atoms with Gasteiger partial charge in [0.1, 0.15) is 0 Å². The summed E-state index contributed by atoms with van der Waals surface area (Å²) in [4.78, 5) is 24.2. The molecule has 2 amide bonds. The van der Waals surface area contributed by atoms with E-state index in [0.29, 0.717) is 26.1 Å². The van der Waals surface area contributed by atoms with Gasteiger partial charge in [0.2, 0.25) is 11.8 Å². The van der Waals surface area contributed by atoms with E-state index in [-0.39, 0.29) is 24.9 Å². The fourth-order valence-corrected chi connectivity index (χ4v) is 6.10. The Hall–Kier alpha value is -1.18. The van der Waals surface area contributed by atoms with Crippen molar-refractivity contribution < 1.29 is 24.9 Å². The normalized spacial score (nSPS) is 11.4. The number of hydrogen-bond donors (Lipinski definition) is 5.